The van der Waals surface area contributed by atoms with Crippen molar-refractivity contribution in [3.8, 4) is 0 Å². The molecule has 0 unspecified atom stereocenters. The molecular weight excluding hydrogens is 148 g/mol. The Bertz CT molecular complexity index is 260. The van der Waals surface area contributed by atoms with Gasteiger partial charge in [0.1, 0.15) is 0 Å². The maximum atomic E-state index is 5.24. The van der Waals surface area contributed by atoms with Crippen LogP contribution in [0.3, 0.4) is 0 Å². The number of hydrazine groups is 1. The molecule has 0 saturated carbocycles. The number of nitrogens with zero attached hydrogens (tertiary/aromatic N) is 5. The van der Waals surface area contributed by atoms with Crippen LogP contribution in [0.4, 0.5) is 5.95 Å². The highest BCUT2D eigenvalue weighted by molar-refractivity contribution is 5.79. The molecule has 0 atom stereocenters. The Morgan fingerprint density at radius 2 is 2.45 bits per heavy atom. The summed E-state index contributed by atoms with van der Waals surface area (Å²) in [5.74, 6) is 5.31. The molecule has 1 aromatic heterocycles. The highest BCUT2D eigenvalue weighted by Gasteiger charge is 1.98. The lowest BCUT2D eigenvalue weighted by Gasteiger charge is -1.94. The van der Waals surface area contributed by atoms with Gasteiger partial charge >= 0.3 is 0 Å². The molecule has 8 heteroatoms. The van der Waals surface area contributed by atoms with Crippen LogP contribution in [0.25, 0.3) is 0 Å². The third-order valence-electron chi connectivity index (χ3n) is 0.966. The molecule has 0 saturated heterocycles. The molecule has 11 heavy (non-hydrogen) atoms. The molecule has 0 amide bonds. The Morgan fingerprint density at radius 3 is 2.91 bits per heavy atom. The summed E-state index contributed by atoms with van der Waals surface area (Å²) in [4.78, 5) is 3.72. The second kappa shape index (κ2) is 2.92. The van der Waals surface area contributed by atoms with E-state index < -0.39 is 0 Å². The van der Waals surface area contributed by atoms with Crippen LogP contribution in [0.5, 0.6) is 0 Å². The summed E-state index contributed by atoms with van der Waals surface area (Å²) in [6.45, 7) is 0. The van der Waals surface area contributed by atoms with E-state index in [-0.39, 0.29) is 5.96 Å². The van der Waals surface area contributed by atoms with Gasteiger partial charge in [-0.2, -0.15) is 4.99 Å². The van der Waals surface area contributed by atoms with E-state index >= 15 is 0 Å². The predicted molar refractivity (Wildman–Crippen MR) is 37.4 cm³/mol. The fourth-order valence-electron chi connectivity index (χ4n) is 0.459. The normalized spacial score (nSPS) is 11.6. The van der Waals surface area contributed by atoms with Crippen molar-refractivity contribution >= 4 is 11.9 Å². The molecule has 1 aromatic rings. The lowest BCUT2D eigenvalue weighted by Crippen LogP contribution is -2.36. The molecule has 0 aliphatic carbocycles. The first kappa shape index (κ1) is 7.41. The second-order valence-corrected chi connectivity index (χ2v) is 1.74. The molecule has 5 N–H and O–H groups in total. The minimum atomic E-state index is 0.0582. The third kappa shape index (κ3) is 1.61. The molecule has 0 aromatic carbocycles. The molecule has 0 spiro atoms. The Morgan fingerprint density at radius 1 is 1.73 bits per heavy atom. The standard InChI is InChI=1S/C3H8N8/c1-11-3(8-9-10-11)6-2(4)7-5/h5H2,1H3,(H3,4,6,7,8,10). The highest BCUT2D eigenvalue weighted by Crippen LogP contribution is 1.99. The van der Waals surface area contributed by atoms with Gasteiger partial charge in [0.15, 0.2) is 0 Å². The van der Waals surface area contributed by atoms with Gasteiger partial charge < -0.3 is 5.73 Å². The summed E-state index contributed by atoms with van der Waals surface area (Å²) in [5, 5.41) is 10.4. The number of guanidine groups is 1. The van der Waals surface area contributed by atoms with Gasteiger partial charge in [0.25, 0.3) is 5.95 Å². The fourth-order valence-corrected chi connectivity index (χ4v) is 0.459. The minimum Gasteiger partial charge on any atom is -0.368 e. The second-order valence-electron chi connectivity index (χ2n) is 1.74. The van der Waals surface area contributed by atoms with Crippen LogP contribution in [-0.2, 0) is 7.05 Å². The van der Waals surface area contributed by atoms with E-state index in [0.29, 0.717) is 5.95 Å². The summed E-state index contributed by atoms with van der Waals surface area (Å²) in [6.07, 6.45) is 0. The maximum absolute atomic E-state index is 5.24. The summed E-state index contributed by atoms with van der Waals surface area (Å²) >= 11 is 0. The van der Waals surface area contributed by atoms with Gasteiger partial charge in [-0.1, -0.05) is 5.10 Å². The lowest BCUT2D eigenvalue weighted by molar-refractivity contribution is 0.712. The molecule has 8 nitrogen and oxygen atoms in total. The van der Waals surface area contributed by atoms with Gasteiger partial charge in [-0.25, -0.2) is 10.5 Å². The van der Waals surface area contributed by atoms with Crippen LogP contribution in [-0.4, -0.2) is 26.2 Å². The van der Waals surface area contributed by atoms with Crippen molar-refractivity contribution in [2.24, 2.45) is 23.6 Å². The number of nitrogens with two attached hydrogens (primary N) is 2. The number of hydrogen-bond donors (Lipinski definition) is 3. The Balaban J connectivity index is 2.86. The van der Waals surface area contributed by atoms with E-state index in [0.717, 1.165) is 0 Å². The number of rotatable bonds is 1. The first-order valence-electron chi connectivity index (χ1n) is 2.77. The molecule has 60 valence electrons. The predicted octanol–water partition coefficient (Wildman–Crippen LogP) is -2.38. The van der Waals surface area contributed by atoms with Crippen molar-refractivity contribution in [1.29, 1.82) is 0 Å². The summed E-state index contributed by atoms with van der Waals surface area (Å²) < 4.78 is 1.37. The number of aryl methyl sites for hydroxylation is 1. The van der Waals surface area contributed by atoms with E-state index in [1.165, 1.54) is 4.68 Å². The van der Waals surface area contributed by atoms with E-state index in [1.807, 2.05) is 0 Å². The van der Waals surface area contributed by atoms with Crippen molar-refractivity contribution < 1.29 is 0 Å². The van der Waals surface area contributed by atoms with Gasteiger partial charge in [0, 0.05) is 7.05 Å². The van der Waals surface area contributed by atoms with Crippen LogP contribution in [0, 0.1) is 0 Å². The molecule has 1 heterocycles. The van der Waals surface area contributed by atoms with E-state index in [4.69, 9.17) is 11.6 Å². The smallest absolute Gasteiger partial charge is 0.272 e. The van der Waals surface area contributed by atoms with Crippen LogP contribution >= 0.6 is 0 Å². The van der Waals surface area contributed by atoms with Crippen LogP contribution in [0.1, 0.15) is 0 Å². The minimum absolute atomic E-state index is 0.0582. The van der Waals surface area contributed by atoms with Crippen LogP contribution in [0.2, 0.25) is 0 Å². The lowest BCUT2D eigenvalue weighted by atomic mass is 10.9. The monoisotopic (exact) mass is 156 g/mol. The van der Waals surface area contributed by atoms with E-state index in [2.05, 4.69) is 25.9 Å². The Hall–Kier alpha value is -1.70. The largest absolute Gasteiger partial charge is 0.368 e. The molecule has 0 aliphatic heterocycles. The topological polar surface area (TPSA) is 120 Å². The summed E-state index contributed by atoms with van der Waals surface area (Å²) in [7, 11) is 1.64. The highest BCUT2D eigenvalue weighted by atomic mass is 15.6. The Labute approximate surface area is 62.2 Å². The number of aromatic nitrogens is 4. The number of hydrogen-bond acceptors (Lipinski definition) is 5. The molecule has 0 radical (unpaired) electrons. The van der Waals surface area contributed by atoms with Crippen molar-refractivity contribution in [2.75, 3.05) is 0 Å². The Kier molecular flexibility index (Phi) is 1.97. The van der Waals surface area contributed by atoms with Crippen LogP contribution in [0.15, 0.2) is 4.99 Å². The average Bonchev–Trinajstić information content (AvgIpc) is 2.37. The van der Waals surface area contributed by atoms with Gasteiger partial charge in [-0.15, -0.1) is 0 Å². The first-order valence-corrected chi connectivity index (χ1v) is 2.77. The van der Waals surface area contributed by atoms with Crippen LogP contribution < -0.4 is 17.0 Å². The van der Waals surface area contributed by atoms with Crippen molar-refractivity contribution in [2.45, 2.75) is 0 Å². The zero-order chi connectivity index (χ0) is 8.27. The van der Waals surface area contributed by atoms with E-state index in [1.54, 1.807) is 7.05 Å². The number of tetrazole rings is 1. The maximum Gasteiger partial charge on any atom is 0.272 e. The average molecular weight is 156 g/mol. The molecular formula is C3H8N8. The molecule has 0 fully saturated rings. The van der Waals surface area contributed by atoms with Crippen molar-refractivity contribution in [3.05, 3.63) is 0 Å². The van der Waals surface area contributed by atoms with Gasteiger partial charge in [0.2, 0.25) is 5.96 Å². The molecule has 0 aliphatic rings. The zero-order valence-corrected chi connectivity index (χ0v) is 5.89. The van der Waals surface area contributed by atoms with Gasteiger partial charge in [-0.3, -0.25) is 5.43 Å². The SMILES string of the molecule is Cn1nnnc1N=C(N)NN. The quantitative estimate of drug-likeness (QED) is 0.181. The fraction of sp³-hybridized carbons (Fsp3) is 0.333. The molecule has 0 bridgehead atoms. The number of aliphatic imine (C=N–C) groups is 1. The van der Waals surface area contributed by atoms with E-state index in [9.17, 15) is 0 Å². The first-order chi connectivity index (χ1) is 5.24. The third-order valence-corrected chi connectivity index (χ3v) is 0.966. The zero-order valence-electron chi connectivity index (χ0n) is 5.89. The van der Waals surface area contributed by atoms with Crippen molar-refractivity contribution in [1.82, 2.24) is 25.6 Å². The van der Waals surface area contributed by atoms with Gasteiger partial charge in [0.05, 0.1) is 0 Å². The van der Waals surface area contributed by atoms with Gasteiger partial charge in [-0.05, 0) is 10.4 Å². The van der Waals surface area contributed by atoms with Crippen molar-refractivity contribution in [3.63, 3.8) is 0 Å². The number of nitrogens with one attached hydrogen (secondary N) is 1. The molecule has 1 rings (SSSR count). The summed E-state index contributed by atoms with van der Waals surface area (Å²) in [6, 6.07) is 0. The summed E-state index contributed by atoms with van der Waals surface area (Å²) in [5.41, 5.74) is 7.39.